The third-order valence-electron chi connectivity index (χ3n) is 7.47. The summed E-state index contributed by atoms with van der Waals surface area (Å²) >= 11 is 0. The Morgan fingerprint density at radius 1 is 1.14 bits per heavy atom. The number of hydrogen-bond donors (Lipinski definition) is 1. The normalized spacial score (nSPS) is 30.4. The molecule has 0 saturated heterocycles. The molecule has 3 saturated carbocycles. The van der Waals surface area contributed by atoms with Crippen molar-refractivity contribution in [3.63, 3.8) is 0 Å². The summed E-state index contributed by atoms with van der Waals surface area (Å²) in [4.78, 5) is 26.5. The summed E-state index contributed by atoms with van der Waals surface area (Å²) in [6.45, 7) is 0. The zero-order valence-electron chi connectivity index (χ0n) is 16.4. The predicted octanol–water partition coefficient (Wildman–Crippen LogP) is 3.88. The number of aromatic nitrogens is 4. The van der Waals surface area contributed by atoms with Crippen LogP contribution in [0.2, 0.25) is 0 Å². The molecule has 4 unspecified atom stereocenters. The molecule has 6 nitrogen and oxygen atoms in total. The van der Waals surface area contributed by atoms with Crippen molar-refractivity contribution in [3.8, 4) is 11.3 Å². The Bertz CT molecular complexity index is 1080. The first-order chi connectivity index (χ1) is 14.2. The van der Waals surface area contributed by atoms with Gasteiger partial charge in [-0.3, -0.25) is 9.20 Å². The van der Waals surface area contributed by atoms with Gasteiger partial charge >= 0.3 is 0 Å². The molecule has 1 N–H and O–H groups in total. The van der Waals surface area contributed by atoms with Crippen LogP contribution in [0.4, 0.5) is 0 Å². The molecule has 148 valence electrons. The molecule has 3 fully saturated rings. The molecule has 6 heteroatoms. The minimum absolute atomic E-state index is 0.0491. The number of rotatable bonds is 3. The Kier molecular flexibility index (Phi) is 3.76. The van der Waals surface area contributed by atoms with Gasteiger partial charge in [-0.25, -0.2) is 15.0 Å². The van der Waals surface area contributed by atoms with Crippen LogP contribution in [0.1, 0.15) is 55.6 Å². The van der Waals surface area contributed by atoms with E-state index in [0.29, 0.717) is 5.82 Å². The molecule has 6 rings (SSSR count). The summed E-state index contributed by atoms with van der Waals surface area (Å²) in [5, 5.41) is 3.48. The highest BCUT2D eigenvalue weighted by Crippen LogP contribution is 2.55. The highest BCUT2D eigenvalue weighted by molar-refractivity contribution is 5.95. The second-order valence-corrected chi connectivity index (χ2v) is 9.26. The second-order valence-electron chi connectivity index (χ2n) is 9.26. The number of carbonyl (C=O) groups is 1. The molecule has 0 aromatic carbocycles. The van der Waals surface area contributed by atoms with E-state index in [1.807, 2.05) is 28.8 Å². The van der Waals surface area contributed by atoms with Crippen LogP contribution in [0.25, 0.3) is 16.8 Å². The number of nitrogens with zero attached hydrogens (tertiary/aromatic N) is 4. The minimum atomic E-state index is -0.0611. The van der Waals surface area contributed by atoms with Crippen LogP contribution in [0.5, 0.6) is 0 Å². The molecule has 3 aliphatic carbocycles. The SMILES string of the molecule is O=C(NC12CCCC3CC(CC3C1)C2)c1nc(-c2cncnc2)c2ccccn12. The van der Waals surface area contributed by atoms with E-state index in [4.69, 9.17) is 4.98 Å². The maximum atomic E-state index is 13.5. The van der Waals surface area contributed by atoms with Crippen LogP contribution in [0, 0.1) is 17.8 Å². The number of imidazole rings is 1. The van der Waals surface area contributed by atoms with E-state index in [1.54, 1.807) is 12.4 Å². The predicted molar refractivity (Wildman–Crippen MR) is 109 cm³/mol. The summed E-state index contributed by atoms with van der Waals surface area (Å²) in [6.07, 6.45) is 15.6. The summed E-state index contributed by atoms with van der Waals surface area (Å²) in [5.74, 6) is 2.86. The first-order valence-electron chi connectivity index (χ1n) is 10.8. The first-order valence-corrected chi connectivity index (χ1v) is 10.8. The second kappa shape index (κ2) is 6.37. The zero-order valence-corrected chi connectivity index (χ0v) is 16.4. The maximum absolute atomic E-state index is 13.5. The molecule has 3 heterocycles. The van der Waals surface area contributed by atoms with E-state index in [2.05, 4.69) is 15.3 Å². The number of pyridine rings is 1. The van der Waals surface area contributed by atoms with Gasteiger partial charge in [0.2, 0.25) is 5.82 Å². The van der Waals surface area contributed by atoms with Crippen LogP contribution in [-0.4, -0.2) is 30.8 Å². The molecular formula is C23H25N5O. The Balaban J connectivity index is 1.37. The molecule has 29 heavy (non-hydrogen) atoms. The maximum Gasteiger partial charge on any atom is 0.288 e. The van der Waals surface area contributed by atoms with Gasteiger partial charge in [0.15, 0.2) is 0 Å². The lowest BCUT2D eigenvalue weighted by molar-refractivity contribution is 0.0813. The van der Waals surface area contributed by atoms with Crippen molar-refractivity contribution in [1.29, 1.82) is 0 Å². The third kappa shape index (κ3) is 2.76. The average Bonchev–Trinajstić information content (AvgIpc) is 3.22. The van der Waals surface area contributed by atoms with Crippen molar-refractivity contribution in [2.75, 3.05) is 0 Å². The van der Waals surface area contributed by atoms with Gasteiger partial charge in [-0.15, -0.1) is 0 Å². The Labute approximate surface area is 169 Å². The highest BCUT2D eigenvalue weighted by Gasteiger charge is 2.50. The molecule has 4 atom stereocenters. The summed E-state index contributed by atoms with van der Waals surface area (Å²) in [7, 11) is 0. The molecule has 0 radical (unpaired) electrons. The average molecular weight is 387 g/mol. The highest BCUT2D eigenvalue weighted by atomic mass is 16.2. The molecule has 3 aromatic heterocycles. The van der Waals surface area contributed by atoms with E-state index >= 15 is 0 Å². The van der Waals surface area contributed by atoms with Crippen LogP contribution in [0.15, 0.2) is 43.1 Å². The third-order valence-corrected chi connectivity index (χ3v) is 7.47. The van der Waals surface area contributed by atoms with Gasteiger partial charge in [0.05, 0.1) is 5.52 Å². The molecule has 3 aromatic rings. The van der Waals surface area contributed by atoms with E-state index in [1.165, 1.54) is 32.0 Å². The van der Waals surface area contributed by atoms with Crippen LogP contribution < -0.4 is 5.32 Å². The van der Waals surface area contributed by atoms with E-state index < -0.39 is 0 Å². The van der Waals surface area contributed by atoms with Crippen molar-refractivity contribution in [2.45, 2.75) is 50.5 Å². The quantitative estimate of drug-likeness (QED) is 0.740. The largest absolute Gasteiger partial charge is 0.344 e. The number of carbonyl (C=O) groups excluding carboxylic acids is 1. The van der Waals surface area contributed by atoms with Gasteiger partial charge in [-0.1, -0.05) is 18.9 Å². The van der Waals surface area contributed by atoms with Gasteiger partial charge in [0.25, 0.3) is 5.91 Å². The molecule has 3 bridgehead atoms. The molecular weight excluding hydrogens is 362 g/mol. The summed E-state index contributed by atoms with van der Waals surface area (Å²) < 4.78 is 1.89. The van der Waals surface area contributed by atoms with Gasteiger partial charge < -0.3 is 5.32 Å². The van der Waals surface area contributed by atoms with Crippen molar-refractivity contribution < 1.29 is 4.79 Å². The lowest BCUT2D eigenvalue weighted by Crippen LogP contribution is -2.52. The smallest absolute Gasteiger partial charge is 0.288 e. The first kappa shape index (κ1) is 17.1. The number of amides is 1. The lowest BCUT2D eigenvalue weighted by atomic mass is 9.73. The fraction of sp³-hybridized carbons (Fsp3) is 0.478. The summed E-state index contributed by atoms with van der Waals surface area (Å²) in [6, 6.07) is 5.89. The lowest BCUT2D eigenvalue weighted by Gasteiger charge is -2.40. The molecule has 3 aliphatic rings. The van der Waals surface area contributed by atoms with Crippen molar-refractivity contribution in [2.24, 2.45) is 17.8 Å². The molecule has 0 aliphatic heterocycles. The Morgan fingerprint density at radius 2 is 2.00 bits per heavy atom. The van der Waals surface area contributed by atoms with E-state index in [9.17, 15) is 4.79 Å². The fourth-order valence-corrected chi connectivity index (χ4v) is 6.45. The fourth-order valence-electron chi connectivity index (χ4n) is 6.45. The standard InChI is InChI=1S/C23H25N5O/c29-22(27-23-6-3-4-16-8-15(10-23)9-17(16)11-23)21-26-20(18-12-24-14-25-13-18)19-5-1-2-7-28(19)21/h1-2,5,7,12-17H,3-4,6,8-11H2,(H,27,29). The topological polar surface area (TPSA) is 72.2 Å². The molecule has 0 spiro atoms. The minimum Gasteiger partial charge on any atom is -0.344 e. The van der Waals surface area contributed by atoms with Crippen molar-refractivity contribution in [3.05, 3.63) is 48.9 Å². The Hall–Kier alpha value is -2.76. The van der Waals surface area contributed by atoms with Crippen LogP contribution in [0.3, 0.4) is 0 Å². The van der Waals surface area contributed by atoms with Gasteiger partial charge in [0, 0.05) is 29.7 Å². The van der Waals surface area contributed by atoms with Crippen LogP contribution in [-0.2, 0) is 0 Å². The number of hydrogen-bond acceptors (Lipinski definition) is 4. The van der Waals surface area contributed by atoms with E-state index in [0.717, 1.165) is 53.8 Å². The van der Waals surface area contributed by atoms with Gasteiger partial charge in [-0.2, -0.15) is 0 Å². The number of fused-ring (bicyclic) bond motifs is 3. The van der Waals surface area contributed by atoms with Gasteiger partial charge in [-0.05, 0) is 62.0 Å². The van der Waals surface area contributed by atoms with Crippen LogP contribution >= 0.6 is 0 Å². The van der Waals surface area contributed by atoms with Crippen molar-refractivity contribution >= 4 is 11.4 Å². The molecule has 1 amide bonds. The Morgan fingerprint density at radius 3 is 2.90 bits per heavy atom. The van der Waals surface area contributed by atoms with Gasteiger partial charge in [0.1, 0.15) is 12.0 Å². The van der Waals surface area contributed by atoms with E-state index in [-0.39, 0.29) is 11.4 Å². The van der Waals surface area contributed by atoms with Crippen molar-refractivity contribution in [1.82, 2.24) is 24.7 Å². The monoisotopic (exact) mass is 387 g/mol. The zero-order chi connectivity index (χ0) is 19.4. The number of nitrogens with one attached hydrogen (secondary N) is 1. The summed E-state index contributed by atoms with van der Waals surface area (Å²) in [5.41, 5.74) is 2.42.